The molecule has 1 fully saturated rings. The number of anilines is 2. The molecule has 13 nitrogen and oxygen atoms in total. The van der Waals surface area contributed by atoms with E-state index in [4.69, 9.17) is 21.3 Å². The molecule has 0 saturated heterocycles. The van der Waals surface area contributed by atoms with Gasteiger partial charge in [-0.25, -0.2) is 14.6 Å². The van der Waals surface area contributed by atoms with E-state index >= 15 is 0 Å². The van der Waals surface area contributed by atoms with E-state index in [1.54, 1.807) is 37.3 Å². The van der Waals surface area contributed by atoms with Crippen molar-refractivity contribution in [3.05, 3.63) is 75.7 Å². The van der Waals surface area contributed by atoms with Gasteiger partial charge in [-0.1, -0.05) is 24.3 Å². The predicted molar refractivity (Wildman–Crippen MR) is 148 cm³/mol. The summed E-state index contributed by atoms with van der Waals surface area (Å²) in [7, 11) is 0. The number of carbonyl (C=O) groups is 3. The van der Waals surface area contributed by atoms with E-state index in [9.17, 15) is 19.2 Å². The maximum absolute atomic E-state index is 13.4. The zero-order valence-electron chi connectivity index (χ0n) is 21.7. The Morgan fingerprint density at radius 3 is 2.52 bits per heavy atom. The maximum Gasteiger partial charge on any atom is 0.433 e. The minimum absolute atomic E-state index is 0.129. The molecule has 2 amide bonds. The highest BCUT2D eigenvalue weighted by atomic mass is 16.5. The molecule has 3 aromatic rings. The van der Waals surface area contributed by atoms with Gasteiger partial charge < -0.3 is 31.9 Å². The third kappa shape index (κ3) is 7.01. The van der Waals surface area contributed by atoms with Crippen molar-refractivity contribution in [1.82, 2.24) is 14.9 Å². The van der Waals surface area contributed by atoms with E-state index in [2.05, 4.69) is 20.6 Å². The largest absolute Gasteiger partial charge is 0.463 e. The molecule has 208 valence electrons. The molecular weight excluding hydrogens is 518 g/mol. The fraction of sp³-hybridized carbons (Fsp3) is 0.259. The van der Waals surface area contributed by atoms with Gasteiger partial charge in [0, 0.05) is 29.4 Å². The molecule has 0 radical (unpaired) electrons. The lowest BCUT2D eigenvalue weighted by Crippen LogP contribution is -2.34. The van der Waals surface area contributed by atoms with E-state index in [0.29, 0.717) is 22.4 Å². The first-order valence-electron chi connectivity index (χ1n) is 12.5. The Bertz CT molecular complexity index is 1530. The van der Waals surface area contributed by atoms with Crippen LogP contribution in [0.5, 0.6) is 0 Å². The lowest BCUT2D eigenvalue weighted by molar-refractivity contribution is -0.121. The molecule has 1 saturated carbocycles. The normalized spacial score (nSPS) is 13.0. The molecule has 1 aliphatic rings. The molecule has 4 rings (SSSR count). The molecule has 2 aromatic carbocycles. The summed E-state index contributed by atoms with van der Waals surface area (Å²) in [6.45, 7) is 1.69. The number of nitrogens with zero attached hydrogens (tertiary/aromatic N) is 3. The fourth-order valence-electron chi connectivity index (χ4n) is 3.89. The highest BCUT2D eigenvalue weighted by Crippen LogP contribution is 2.26. The molecule has 40 heavy (non-hydrogen) atoms. The summed E-state index contributed by atoms with van der Waals surface area (Å²) in [5, 5.41) is 14.6. The molecule has 13 heteroatoms. The van der Waals surface area contributed by atoms with Crippen LogP contribution in [0.3, 0.4) is 0 Å². The van der Waals surface area contributed by atoms with Gasteiger partial charge in [0.25, 0.3) is 5.56 Å². The summed E-state index contributed by atoms with van der Waals surface area (Å²) < 4.78 is 6.36. The SMILES string of the molecule is CCOC(=O)c1cc(N)cc(-c2cnc(NC3CC3)c(=O)n2CC(=O)NCc2ccc(/C(N)=N/C(=O)O)cc2)c1. The minimum Gasteiger partial charge on any atom is -0.463 e. The van der Waals surface area contributed by atoms with Crippen molar-refractivity contribution in [1.29, 1.82) is 0 Å². The summed E-state index contributed by atoms with van der Waals surface area (Å²) in [6.07, 6.45) is 1.91. The third-order valence-corrected chi connectivity index (χ3v) is 5.99. The zero-order chi connectivity index (χ0) is 28.8. The Hall–Kier alpha value is -5.20. The number of carbonyl (C=O) groups excluding carboxylic acids is 2. The molecule has 1 aliphatic carbocycles. The van der Waals surface area contributed by atoms with Crippen LogP contribution < -0.4 is 27.7 Å². The van der Waals surface area contributed by atoms with Crippen LogP contribution in [0.2, 0.25) is 0 Å². The number of esters is 1. The van der Waals surface area contributed by atoms with Crippen LogP contribution in [0, 0.1) is 0 Å². The Labute approximate surface area is 228 Å². The van der Waals surface area contributed by atoms with Crippen molar-refractivity contribution in [2.24, 2.45) is 10.7 Å². The number of nitrogens with two attached hydrogens (primary N) is 2. The summed E-state index contributed by atoms with van der Waals surface area (Å²) in [4.78, 5) is 57.0. The lowest BCUT2D eigenvalue weighted by atomic mass is 10.1. The van der Waals surface area contributed by atoms with Gasteiger partial charge in [-0.3, -0.25) is 14.2 Å². The number of amides is 2. The van der Waals surface area contributed by atoms with E-state index in [0.717, 1.165) is 12.8 Å². The Morgan fingerprint density at radius 1 is 1.15 bits per heavy atom. The van der Waals surface area contributed by atoms with Crippen LogP contribution in [0.15, 0.2) is 58.4 Å². The molecule has 0 aliphatic heterocycles. The quantitative estimate of drug-likeness (QED) is 0.108. The second-order valence-electron chi connectivity index (χ2n) is 9.12. The van der Waals surface area contributed by atoms with Crippen LogP contribution in [-0.4, -0.2) is 51.1 Å². The van der Waals surface area contributed by atoms with Crippen molar-refractivity contribution in [3.63, 3.8) is 0 Å². The van der Waals surface area contributed by atoms with Gasteiger partial charge in [0.1, 0.15) is 12.4 Å². The average Bonchev–Trinajstić information content (AvgIpc) is 3.73. The number of hydrogen-bond acceptors (Lipinski definition) is 8. The number of nitrogen functional groups attached to an aromatic ring is 1. The van der Waals surface area contributed by atoms with E-state index in [-0.39, 0.29) is 48.6 Å². The number of rotatable bonds is 10. The first-order valence-corrected chi connectivity index (χ1v) is 12.5. The highest BCUT2D eigenvalue weighted by molar-refractivity contribution is 6.02. The molecule has 1 heterocycles. The maximum atomic E-state index is 13.4. The van der Waals surface area contributed by atoms with Gasteiger partial charge in [-0.15, -0.1) is 0 Å². The van der Waals surface area contributed by atoms with Crippen molar-refractivity contribution in [2.75, 3.05) is 17.7 Å². The standard InChI is InChI=1S/C27H29N7O6/c1-2-40-26(37)18-9-17(10-19(28)11-18)21-13-31-24(32-20-7-8-20)25(36)34(21)14-22(35)30-12-15-3-5-16(6-4-15)23(29)33-27(38)39/h3-6,9-11,13,20H,2,7-8,12,14,28H2,1H3,(H2,29,33)(H,30,35)(H,31,32)(H,38,39). The highest BCUT2D eigenvalue weighted by Gasteiger charge is 2.24. The van der Waals surface area contributed by atoms with Crippen LogP contribution in [-0.2, 0) is 22.6 Å². The molecule has 0 spiro atoms. The topological polar surface area (TPSA) is 204 Å². The van der Waals surface area contributed by atoms with Crippen molar-refractivity contribution in [2.45, 2.75) is 38.9 Å². The first-order chi connectivity index (χ1) is 19.1. The fourth-order valence-corrected chi connectivity index (χ4v) is 3.89. The Balaban J connectivity index is 1.57. The number of nitrogens with one attached hydrogen (secondary N) is 2. The smallest absolute Gasteiger partial charge is 0.433 e. The Kier molecular flexibility index (Phi) is 8.42. The van der Waals surface area contributed by atoms with Gasteiger partial charge >= 0.3 is 12.1 Å². The second-order valence-corrected chi connectivity index (χ2v) is 9.12. The number of benzene rings is 2. The van der Waals surface area contributed by atoms with E-state index in [1.165, 1.54) is 22.9 Å². The number of ether oxygens (including phenoxy) is 1. The number of carboxylic acid groups (broad SMARTS) is 1. The van der Waals surface area contributed by atoms with Gasteiger partial charge in [0.2, 0.25) is 5.91 Å². The summed E-state index contributed by atoms with van der Waals surface area (Å²) >= 11 is 0. The number of aliphatic imine (C=N–C) groups is 1. The van der Waals surface area contributed by atoms with Gasteiger partial charge in [0.15, 0.2) is 5.82 Å². The van der Waals surface area contributed by atoms with Crippen LogP contribution in [0.4, 0.5) is 16.3 Å². The minimum atomic E-state index is -1.40. The lowest BCUT2D eigenvalue weighted by Gasteiger charge is -2.16. The average molecular weight is 548 g/mol. The molecule has 7 N–H and O–H groups in total. The third-order valence-electron chi connectivity index (χ3n) is 5.99. The second kappa shape index (κ2) is 12.1. The predicted octanol–water partition coefficient (Wildman–Crippen LogP) is 1.94. The van der Waals surface area contributed by atoms with E-state index in [1.807, 2.05) is 0 Å². The Morgan fingerprint density at radius 2 is 1.88 bits per heavy atom. The molecular formula is C27H29N7O6. The van der Waals surface area contributed by atoms with Crippen LogP contribution in [0.1, 0.15) is 41.3 Å². The van der Waals surface area contributed by atoms with Gasteiger partial charge in [0.05, 0.1) is 24.1 Å². The number of amidine groups is 1. The van der Waals surface area contributed by atoms with Gasteiger partial charge in [-0.2, -0.15) is 4.99 Å². The molecule has 0 atom stereocenters. The van der Waals surface area contributed by atoms with E-state index < -0.39 is 23.5 Å². The number of aromatic nitrogens is 2. The van der Waals surface area contributed by atoms with Crippen molar-refractivity contribution in [3.8, 4) is 11.3 Å². The van der Waals surface area contributed by atoms with Crippen molar-refractivity contribution >= 4 is 35.3 Å². The molecule has 0 bridgehead atoms. The first kappa shape index (κ1) is 27.8. The monoisotopic (exact) mass is 547 g/mol. The number of hydrogen-bond donors (Lipinski definition) is 5. The molecule has 0 unspecified atom stereocenters. The van der Waals surface area contributed by atoms with Crippen LogP contribution >= 0.6 is 0 Å². The van der Waals surface area contributed by atoms with Gasteiger partial charge in [-0.05, 0) is 43.5 Å². The molecule has 1 aromatic heterocycles. The summed E-state index contributed by atoms with van der Waals surface area (Å²) in [6, 6.07) is 11.3. The zero-order valence-corrected chi connectivity index (χ0v) is 21.7. The van der Waals surface area contributed by atoms with Crippen LogP contribution in [0.25, 0.3) is 11.3 Å². The summed E-state index contributed by atoms with van der Waals surface area (Å²) in [5.41, 5.74) is 13.6. The van der Waals surface area contributed by atoms with Crippen molar-refractivity contribution < 1.29 is 24.2 Å². The summed E-state index contributed by atoms with van der Waals surface area (Å²) in [5.74, 6) is -1.03.